The van der Waals surface area contributed by atoms with E-state index in [9.17, 15) is 14.4 Å². The summed E-state index contributed by atoms with van der Waals surface area (Å²) in [6.07, 6.45) is 8.95. The Morgan fingerprint density at radius 1 is 0.932 bits per heavy atom. The molecule has 2 unspecified atom stereocenters. The Hall–Kier alpha value is -3.85. The number of para-hydroxylation sites is 1. The third kappa shape index (κ3) is 5.58. The molecule has 1 aromatic heterocycles. The third-order valence-electron chi connectivity index (χ3n) is 10.6. The summed E-state index contributed by atoms with van der Waals surface area (Å²) in [7, 11) is 0. The van der Waals surface area contributed by atoms with Crippen molar-refractivity contribution in [3.63, 3.8) is 0 Å². The lowest BCUT2D eigenvalue weighted by Gasteiger charge is -2.41. The van der Waals surface area contributed by atoms with Gasteiger partial charge in [-0.15, -0.1) is 0 Å². The number of nitrogens with one attached hydrogen (secondary N) is 4. The quantitative estimate of drug-likeness (QED) is 0.347. The number of carbonyl (C=O) groups is 3. The normalized spacial score (nSPS) is 23.5. The molecule has 232 valence electrons. The molecule has 3 saturated heterocycles. The molecule has 0 bridgehead atoms. The molecular formula is C35H44N6O3. The van der Waals surface area contributed by atoms with Crippen LogP contribution in [0.5, 0.6) is 0 Å². The van der Waals surface area contributed by atoms with Crippen LogP contribution in [0.25, 0.3) is 10.9 Å². The number of benzene rings is 2. The first kappa shape index (κ1) is 28.9. The molecule has 1 aliphatic carbocycles. The van der Waals surface area contributed by atoms with Crippen molar-refractivity contribution in [2.45, 2.75) is 74.8 Å². The predicted octanol–water partition coefficient (Wildman–Crippen LogP) is 3.80. The molecule has 7 rings (SSSR count). The highest BCUT2D eigenvalue weighted by Crippen LogP contribution is 2.52. The highest BCUT2D eigenvalue weighted by Gasteiger charge is 2.49. The van der Waals surface area contributed by atoms with Crippen molar-refractivity contribution in [3.05, 3.63) is 71.4 Å². The van der Waals surface area contributed by atoms with Crippen molar-refractivity contribution >= 4 is 28.7 Å². The Kier molecular flexibility index (Phi) is 8.06. The fraction of sp³-hybridized carbons (Fsp3) is 0.514. The zero-order valence-corrected chi connectivity index (χ0v) is 25.4. The number of aromatic nitrogens is 1. The molecular weight excluding hydrogens is 552 g/mol. The highest BCUT2D eigenvalue weighted by atomic mass is 16.2. The van der Waals surface area contributed by atoms with Gasteiger partial charge in [-0.25, -0.2) is 4.79 Å². The van der Waals surface area contributed by atoms with Gasteiger partial charge in [-0.3, -0.25) is 9.59 Å². The second-order valence-electron chi connectivity index (χ2n) is 13.3. The van der Waals surface area contributed by atoms with Crippen molar-refractivity contribution in [1.29, 1.82) is 0 Å². The average molecular weight is 597 g/mol. The largest absolute Gasteiger partial charge is 0.361 e. The van der Waals surface area contributed by atoms with E-state index < -0.39 is 6.04 Å². The maximum Gasteiger partial charge on any atom is 0.315 e. The van der Waals surface area contributed by atoms with E-state index in [1.165, 1.54) is 11.1 Å². The summed E-state index contributed by atoms with van der Waals surface area (Å²) in [5.41, 5.74) is 4.40. The zero-order chi connectivity index (χ0) is 30.1. The number of likely N-dealkylation sites (tertiary alicyclic amines) is 2. The summed E-state index contributed by atoms with van der Waals surface area (Å²) in [4.78, 5) is 48.3. The molecule has 3 aliphatic heterocycles. The molecule has 0 saturated carbocycles. The average Bonchev–Trinajstić information content (AvgIpc) is 3.81. The number of hydrogen-bond acceptors (Lipinski definition) is 4. The van der Waals surface area contributed by atoms with Gasteiger partial charge >= 0.3 is 6.03 Å². The Morgan fingerprint density at radius 2 is 1.70 bits per heavy atom. The summed E-state index contributed by atoms with van der Waals surface area (Å²) >= 11 is 0. The van der Waals surface area contributed by atoms with Gasteiger partial charge in [0.2, 0.25) is 11.8 Å². The van der Waals surface area contributed by atoms with E-state index in [0.717, 1.165) is 87.6 Å². The molecule has 4 heterocycles. The molecule has 4 aliphatic rings. The number of aromatic amines is 1. The monoisotopic (exact) mass is 596 g/mol. The maximum absolute atomic E-state index is 14.2. The van der Waals surface area contributed by atoms with Crippen molar-refractivity contribution in [2.75, 3.05) is 39.3 Å². The minimum atomic E-state index is -0.680. The lowest BCUT2D eigenvalue weighted by molar-refractivity contribution is -0.135. The smallest absolute Gasteiger partial charge is 0.315 e. The van der Waals surface area contributed by atoms with Crippen molar-refractivity contribution in [1.82, 2.24) is 30.7 Å². The van der Waals surface area contributed by atoms with Gasteiger partial charge in [-0.1, -0.05) is 42.5 Å². The fourth-order valence-corrected chi connectivity index (χ4v) is 8.20. The van der Waals surface area contributed by atoms with Crippen LogP contribution in [0.4, 0.5) is 4.79 Å². The molecule has 3 atom stereocenters. The van der Waals surface area contributed by atoms with Crippen LogP contribution in [0.2, 0.25) is 0 Å². The highest BCUT2D eigenvalue weighted by molar-refractivity contribution is 5.90. The van der Waals surface area contributed by atoms with Gasteiger partial charge in [0.05, 0.1) is 5.92 Å². The molecule has 9 nitrogen and oxygen atoms in total. The summed E-state index contributed by atoms with van der Waals surface area (Å²) < 4.78 is 0. The Balaban J connectivity index is 1.07. The van der Waals surface area contributed by atoms with E-state index in [1.807, 2.05) is 29.3 Å². The van der Waals surface area contributed by atoms with E-state index >= 15 is 0 Å². The van der Waals surface area contributed by atoms with E-state index in [2.05, 4.69) is 56.2 Å². The van der Waals surface area contributed by atoms with Gasteiger partial charge in [-0.2, -0.15) is 0 Å². The summed E-state index contributed by atoms with van der Waals surface area (Å²) in [5.74, 6) is 0.131. The molecule has 4 amide bonds. The van der Waals surface area contributed by atoms with E-state index in [1.54, 1.807) is 0 Å². The van der Waals surface area contributed by atoms with Gasteiger partial charge in [0.1, 0.15) is 6.04 Å². The number of carbonyl (C=O) groups excluding carboxylic acids is 3. The second kappa shape index (κ2) is 12.3. The van der Waals surface area contributed by atoms with Gasteiger partial charge in [0.15, 0.2) is 0 Å². The first-order chi connectivity index (χ1) is 21.5. The number of rotatable bonds is 6. The first-order valence-electron chi connectivity index (χ1n) is 16.5. The van der Waals surface area contributed by atoms with Crippen LogP contribution < -0.4 is 16.0 Å². The van der Waals surface area contributed by atoms with Gasteiger partial charge in [-0.05, 0) is 74.2 Å². The van der Waals surface area contributed by atoms with E-state index in [0.29, 0.717) is 19.5 Å². The molecule has 3 aromatic rings. The van der Waals surface area contributed by atoms with Crippen LogP contribution in [-0.4, -0.2) is 84.0 Å². The van der Waals surface area contributed by atoms with Crippen molar-refractivity contribution < 1.29 is 14.4 Å². The Bertz CT molecular complexity index is 1510. The number of H-pyrrole nitrogens is 1. The van der Waals surface area contributed by atoms with Crippen LogP contribution in [0.1, 0.15) is 67.6 Å². The third-order valence-corrected chi connectivity index (χ3v) is 10.6. The molecule has 2 aromatic carbocycles. The number of urea groups is 1. The molecule has 1 spiro atoms. The van der Waals surface area contributed by atoms with Crippen LogP contribution in [0.3, 0.4) is 0 Å². The standard InChI is InChI=1S/C35H44N6O3/c42-32(40-16-5-6-17-40)28-21-35(29-11-3-1-10-27(28)29)13-18-41(19-14-35)33(43)31(39-34(44)38-25-8-7-15-36-23-25)20-24-22-37-30-12-4-2-9-26(24)30/h1-4,9-12,22,25,28,31,36-37H,5-8,13-21,23H2,(H2,38,39,44)/t25?,28-,31?/m1/s1. The summed E-state index contributed by atoms with van der Waals surface area (Å²) in [6.45, 7) is 4.65. The van der Waals surface area contributed by atoms with E-state index in [-0.39, 0.29) is 35.2 Å². The van der Waals surface area contributed by atoms with Gasteiger partial charge in [0, 0.05) is 67.7 Å². The van der Waals surface area contributed by atoms with Crippen LogP contribution in [0, 0.1) is 0 Å². The number of amides is 4. The van der Waals surface area contributed by atoms with Crippen LogP contribution >= 0.6 is 0 Å². The molecule has 44 heavy (non-hydrogen) atoms. The molecule has 9 heteroatoms. The lowest BCUT2D eigenvalue weighted by atomic mass is 9.73. The van der Waals surface area contributed by atoms with Crippen LogP contribution in [0.15, 0.2) is 54.7 Å². The van der Waals surface area contributed by atoms with Gasteiger partial charge in [0.25, 0.3) is 0 Å². The topological polar surface area (TPSA) is 110 Å². The SMILES string of the molecule is O=C(NC1CCCNC1)NC(Cc1c[nH]c2ccccc12)C(=O)N1CCC2(CC1)C[C@@H](C(=O)N1CCCC1)c1ccccc12. The van der Waals surface area contributed by atoms with E-state index in [4.69, 9.17) is 0 Å². The number of fused-ring (bicyclic) bond motifs is 3. The summed E-state index contributed by atoms with van der Waals surface area (Å²) in [6, 6.07) is 15.6. The Labute approximate surface area is 259 Å². The van der Waals surface area contributed by atoms with Crippen LogP contribution in [-0.2, 0) is 21.4 Å². The zero-order valence-electron chi connectivity index (χ0n) is 25.4. The minimum absolute atomic E-state index is 0.0435. The van der Waals surface area contributed by atoms with Crippen molar-refractivity contribution in [2.24, 2.45) is 0 Å². The summed E-state index contributed by atoms with van der Waals surface area (Å²) in [5, 5.41) is 10.6. The number of piperidine rings is 2. The molecule has 4 N–H and O–H groups in total. The molecule has 0 radical (unpaired) electrons. The molecule has 3 fully saturated rings. The fourth-order valence-electron chi connectivity index (χ4n) is 8.20. The lowest BCUT2D eigenvalue weighted by Crippen LogP contribution is -2.57. The number of nitrogens with zero attached hydrogens (tertiary/aromatic N) is 2. The maximum atomic E-state index is 14.2. The minimum Gasteiger partial charge on any atom is -0.361 e. The number of hydrogen-bond donors (Lipinski definition) is 4. The first-order valence-corrected chi connectivity index (χ1v) is 16.5. The predicted molar refractivity (Wildman–Crippen MR) is 170 cm³/mol. The second-order valence-corrected chi connectivity index (χ2v) is 13.3. The Morgan fingerprint density at radius 3 is 2.50 bits per heavy atom. The van der Waals surface area contributed by atoms with Gasteiger partial charge < -0.3 is 30.7 Å². The van der Waals surface area contributed by atoms with Crippen molar-refractivity contribution in [3.8, 4) is 0 Å².